The molecule has 0 heterocycles. The molecule has 0 unspecified atom stereocenters. The van der Waals surface area contributed by atoms with Crippen LogP contribution < -0.4 is 10.0 Å². The molecule has 0 spiro atoms. The van der Waals surface area contributed by atoms with E-state index in [1.807, 2.05) is 13.8 Å². The molecule has 0 aliphatic heterocycles. The highest BCUT2D eigenvalue weighted by atomic mass is 35.5. The van der Waals surface area contributed by atoms with Gasteiger partial charge < -0.3 is 10.1 Å². The van der Waals surface area contributed by atoms with Gasteiger partial charge in [-0.15, -0.1) is 0 Å². The van der Waals surface area contributed by atoms with Crippen LogP contribution in [-0.2, 0) is 14.8 Å². The summed E-state index contributed by atoms with van der Waals surface area (Å²) in [6.45, 7) is 4.87. The van der Waals surface area contributed by atoms with E-state index in [1.54, 1.807) is 24.3 Å². The number of ether oxygens (including phenoxy) is 1. The first kappa shape index (κ1) is 21.2. The molecule has 0 aliphatic carbocycles. The van der Waals surface area contributed by atoms with Crippen molar-refractivity contribution in [1.29, 1.82) is 0 Å². The Bertz CT molecular complexity index is 868. The van der Waals surface area contributed by atoms with Crippen LogP contribution in [0.25, 0.3) is 0 Å². The average molecular weight is 411 g/mol. The first-order valence-corrected chi connectivity index (χ1v) is 10.4. The van der Waals surface area contributed by atoms with Gasteiger partial charge in [0.1, 0.15) is 0 Å². The summed E-state index contributed by atoms with van der Waals surface area (Å²) >= 11 is 5.80. The van der Waals surface area contributed by atoms with Crippen LogP contribution in [0.15, 0.2) is 53.4 Å². The van der Waals surface area contributed by atoms with Gasteiger partial charge in [-0.3, -0.25) is 9.52 Å². The van der Waals surface area contributed by atoms with E-state index >= 15 is 0 Å². The van der Waals surface area contributed by atoms with Crippen LogP contribution in [0.3, 0.4) is 0 Å². The van der Waals surface area contributed by atoms with E-state index in [-0.39, 0.29) is 28.2 Å². The Balaban J connectivity index is 2.06. The number of anilines is 1. The summed E-state index contributed by atoms with van der Waals surface area (Å²) in [5.41, 5.74) is 0.461. The highest BCUT2D eigenvalue weighted by Crippen LogP contribution is 2.21. The minimum atomic E-state index is -3.83. The van der Waals surface area contributed by atoms with Crippen LogP contribution in [0, 0.1) is 0 Å². The lowest BCUT2D eigenvalue weighted by Gasteiger charge is -2.13. The molecule has 0 bridgehead atoms. The number of nitrogens with one attached hydrogen (secondary N) is 2. The maximum absolute atomic E-state index is 12.5. The maximum atomic E-state index is 12.5. The molecule has 0 fully saturated rings. The van der Waals surface area contributed by atoms with Crippen molar-refractivity contribution in [3.05, 3.63) is 59.1 Å². The molecule has 0 atom stereocenters. The molecule has 146 valence electrons. The minimum Gasteiger partial charge on any atom is -0.379 e. The van der Waals surface area contributed by atoms with Crippen LogP contribution in [0.1, 0.15) is 30.6 Å². The molecule has 2 N–H and O–H groups in total. The zero-order valence-electron chi connectivity index (χ0n) is 15.2. The van der Waals surface area contributed by atoms with Gasteiger partial charge in [0.15, 0.2) is 0 Å². The fraction of sp³-hybridized carbons (Fsp3) is 0.316. The number of amides is 1. The zero-order chi connectivity index (χ0) is 19.9. The van der Waals surface area contributed by atoms with Gasteiger partial charge in [0.25, 0.3) is 15.9 Å². The number of carbonyl (C=O) groups is 1. The van der Waals surface area contributed by atoms with E-state index in [2.05, 4.69) is 10.0 Å². The molecular weight excluding hydrogens is 388 g/mol. The summed E-state index contributed by atoms with van der Waals surface area (Å²) < 4.78 is 33.0. The van der Waals surface area contributed by atoms with Gasteiger partial charge in [0, 0.05) is 18.2 Å². The molecule has 0 aliphatic rings. The lowest BCUT2D eigenvalue weighted by molar-refractivity contribution is 0.0757. The molecule has 0 aromatic heterocycles. The van der Waals surface area contributed by atoms with Crippen molar-refractivity contribution in [3.63, 3.8) is 0 Å². The number of carbonyl (C=O) groups excluding carboxylic acids is 1. The van der Waals surface area contributed by atoms with E-state index in [0.29, 0.717) is 24.6 Å². The van der Waals surface area contributed by atoms with Crippen molar-refractivity contribution >= 4 is 33.2 Å². The summed E-state index contributed by atoms with van der Waals surface area (Å²) in [6, 6.07) is 12.2. The fourth-order valence-corrected chi connectivity index (χ4v) is 3.48. The standard InChI is InChI=1S/C19H23ClN2O4S/c1-14(2)26-13-5-12-21-19(23)17-6-3-4-7-18(17)22-27(24,25)16-10-8-15(20)9-11-16/h3-4,6-11,14,22H,5,12-13H2,1-2H3,(H,21,23). The lowest BCUT2D eigenvalue weighted by atomic mass is 10.1. The quantitative estimate of drug-likeness (QED) is 0.617. The summed E-state index contributed by atoms with van der Waals surface area (Å²) in [5.74, 6) is -0.353. The van der Waals surface area contributed by atoms with Crippen LogP contribution >= 0.6 is 11.6 Å². The van der Waals surface area contributed by atoms with Crippen LogP contribution in [-0.4, -0.2) is 33.6 Å². The number of hydrogen-bond acceptors (Lipinski definition) is 4. The van der Waals surface area contributed by atoms with Gasteiger partial charge in [0.05, 0.1) is 22.3 Å². The number of halogens is 1. The second-order valence-electron chi connectivity index (χ2n) is 6.13. The molecule has 6 nitrogen and oxygen atoms in total. The minimum absolute atomic E-state index is 0.0629. The summed E-state index contributed by atoms with van der Waals surface area (Å²) in [5, 5.41) is 3.21. The number of para-hydroxylation sites is 1. The lowest BCUT2D eigenvalue weighted by Crippen LogP contribution is -2.27. The SMILES string of the molecule is CC(C)OCCCNC(=O)c1ccccc1NS(=O)(=O)c1ccc(Cl)cc1. The van der Waals surface area contributed by atoms with Crippen LogP contribution in [0.4, 0.5) is 5.69 Å². The van der Waals surface area contributed by atoms with Crippen molar-refractivity contribution < 1.29 is 17.9 Å². The largest absolute Gasteiger partial charge is 0.379 e. The third kappa shape index (κ3) is 6.53. The highest BCUT2D eigenvalue weighted by molar-refractivity contribution is 7.92. The Morgan fingerprint density at radius 2 is 1.78 bits per heavy atom. The van der Waals surface area contributed by atoms with Gasteiger partial charge in [-0.2, -0.15) is 0 Å². The Morgan fingerprint density at radius 3 is 2.44 bits per heavy atom. The third-order valence-electron chi connectivity index (χ3n) is 3.60. The predicted molar refractivity (Wildman–Crippen MR) is 107 cm³/mol. The first-order valence-electron chi connectivity index (χ1n) is 8.57. The summed E-state index contributed by atoms with van der Waals surface area (Å²) in [6.07, 6.45) is 0.812. The predicted octanol–water partition coefficient (Wildman–Crippen LogP) is 3.69. The van der Waals surface area contributed by atoms with Crippen molar-refractivity contribution in [2.45, 2.75) is 31.3 Å². The molecule has 2 aromatic rings. The van der Waals surface area contributed by atoms with E-state index < -0.39 is 10.0 Å². The zero-order valence-corrected chi connectivity index (χ0v) is 16.8. The van der Waals surface area contributed by atoms with Gasteiger partial charge in [-0.25, -0.2) is 8.42 Å². The molecule has 0 radical (unpaired) electrons. The molecule has 27 heavy (non-hydrogen) atoms. The van der Waals surface area contributed by atoms with Crippen molar-refractivity contribution in [3.8, 4) is 0 Å². The van der Waals surface area contributed by atoms with E-state index in [1.165, 1.54) is 24.3 Å². The van der Waals surface area contributed by atoms with Crippen molar-refractivity contribution in [2.75, 3.05) is 17.9 Å². The number of sulfonamides is 1. The Kier molecular flexibility index (Phi) is 7.65. The second-order valence-corrected chi connectivity index (χ2v) is 8.25. The topological polar surface area (TPSA) is 84.5 Å². The molecule has 2 rings (SSSR count). The van der Waals surface area contributed by atoms with E-state index in [9.17, 15) is 13.2 Å². The molecule has 8 heteroatoms. The Hall–Kier alpha value is -2.09. The average Bonchev–Trinajstić information content (AvgIpc) is 2.61. The Labute approximate surface area is 164 Å². The van der Waals surface area contributed by atoms with Gasteiger partial charge in [-0.05, 0) is 56.7 Å². The molecule has 1 amide bonds. The fourth-order valence-electron chi connectivity index (χ4n) is 2.28. The van der Waals surface area contributed by atoms with E-state index in [4.69, 9.17) is 16.3 Å². The van der Waals surface area contributed by atoms with Crippen LogP contribution in [0.2, 0.25) is 5.02 Å². The smallest absolute Gasteiger partial charge is 0.261 e. The molecule has 0 saturated heterocycles. The monoisotopic (exact) mass is 410 g/mol. The summed E-state index contributed by atoms with van der Waals surface area (Å²) in [7, 11) is -3.83. The van der Waals surface area contributed by atoms with Crippen molar-refractivity contribution in [1.82, 2.24) is 5.32 Å². The molecular formula is C19H23ClN2O4S. The van der Waals surface area contributed by atoms with Gasteiger partial charge >= 0.3 is 0 Å². The number of benzene rings is 2. The number of hydrogen-bond donors (Lipinski definition) is 2. The van der Waals surface area contributed by atoms with Crippen molar-refractivity contribution in [2.24, 2.45) is 0 Å². The van der Waals surface area contributed by atoms with Crippen LogP contribution in [0.5, 0.6) is 0 Å². The molecule has 0 saturated carbocycles. The van der Waals surface area contributed by atoms with Gasteiger partial charge in [0.2, 0.25) is 0 Å². The summed E-state index contributed by atoms with van der Waals surface area (Å²) in [4.78, 5) is 12.5. The van der Waals surface area contributed by atoms with Gasteiger partial charge in [-0.1, -0.05) is 23.7 Å². The molecule has 2 aromatic carbocycles. The second kappa shape index (κ2) is 9.73. The maximum Gasteiger partial charge on any atom is 0.261 e. The number of rotatable bonds is 9. The Morgan fingerprint density at radius 1 is 1.11 bits per heavy atom. The highest BCUT2D eigenvalue weighted by Gasteiger charge is 2.18. The van der Waals surface area contributed by atoms with E-state index in [0.717, 1.165) is 0 Å². The first-order chi connectivity index (χ1) is 12.8. The third-order valence-corrected chi connectivity index (χ3v) is 5.23. The normalized spacial score (nSPS) is 11.4.